The molecule has 6 heteroatoms. The molecule has 0 unspecified atom stereocenters. The quantitative estimate of drug-likeness (QED) is 0.896. The summed E-state index contributed by atoms with van der Waals surface area (Å²) in [6.07, 6.45) is 2.93. The highest BCUT2D eigenvalue weighted by atomic mass is 32.1. The summed E-state index contributed by atoms with van der Waals surface area (Å²) in [5.41, 5.74) is 0. The maximum absolute atomic E-state index is 11.9. The Morgan fingerprint density at radius 3 is 3.00 bits per heavy atom. The fourth-order valence-electron chi connectivity index (χ4n) is 2.16. The number of hydrogen-bond acceptors (Lipinski definition) is 5. The fourth-order valence-corrected chi connectivity index (χ4v) is 3.06. The zero-order chi connectivity index (χ0) is 14.5. The Bertz CT molecular complexity index is 446. The standard InChI is InChI=1S/C14H24N4OS/c1-11(2)7-15-8-12-9-16-14(20-12)18-6-4-5-17(3)13(19)10-18/h9,11,15H,4-8,10H2,1-3H3. The Balaban J connectivity index is 1.92. The van der Waals surface area contributed by atoms with Gasteiger partial charge < -0.3 is 15.1 Å². The fraction of sp³-hybridized carbons (Fsp3) is 0.714. The van der Waals surface area contributed by atoms with Crippen LogP contribution in [0.15, 0.2) is 6.20 Å². The molecule has 0 atom stereocenters. The van der Waals surface area contributed by atoms with Crippen LogP contribution >= 0.6 is 11.3 Å². The number of amides is 1. The topological polar surface area (TPSA) is 48.5 Å². The van der Waals surface area contributed by atoms with Crippen molar-refractivity contribution < 1.29 is 4.79 Å². The van der Waals surface area contributed by atoms with Crippen LogP contribution in [-0.4, -0.2) is 49.0 Å². The number of carbonyl (C=O) groups excluding carboxylic acids is 1. The summed E-state index contributed by atoms with van der Waals surface area (Å²) in [6, 6.07) is 0. The summed E-state index contributed by atoms with van der Waals surface area (Å²) >= 11 is 1.69. The molecule has 0 radical (unpaired) electrons. The van der Waals surface area contributed by atoms with Crippen LogP contribution in [0.4, 0.5) is 5.13 Å². The highest BCUT2D eigenvalue weighted by Crippen LogP contribution is 2.23. The molecule has 112 valence electrons. The zero-order valence-electron chi connectivity index (χ0n) is 12.6. The Labute approximate surface area is 125 Å². The van der Waals surface area contributed by atoms with Crippen LogP contribution in [0.2, 0.25) is 0 Å². The smallest absolute Gasteiger partial charge is 0.241 e. The van der Waals surface area contributed by atoms with E-state index in [1.54, 1.807) is 16.2 Å². The van der Waals surface area contributed by atoms with Crippen molar-refractivity contribution >= 4 is 22.4 Å². The molecular weight excluding hydrogens is 272 g/mol. The molecule has 1 N–H and O–H groups in total. The van der Waals surface area contributed by atoms with E-state index in [-0.39, 0.29) is 5.91 Å². The molecule has 2 heterocycles. The van der Waals surface area contributed by atoms with Gasteiger partial charge in [-0.25, -0.2) is 4.98 Å². The van der Waals surface area contributed by atoms with Gasteiger partial charge in [0.15, 0.2) is 5.13 Å². The number of nitrogens with zero attached hydrogens (tertiary/aromatic N) is 3. The number of nitrogens with one attached hydrogen (secondary N) is 1. The molecule has 1 aromatic heterocycles. The number of carbonyl (C=O) groups is 1. The van der Waals surface area contributed by atoms with Crippen molar-refractivity contribution in [3.05, 3.63) is 11.1 Å². The number of rotatable bonds is 5. The lowest BCUT2D eigenvalue weighted by molar-refractivity contribution is -0.127. The summed E-state index contributed by atoms with van der Waals surface area (Å²) in [4.78, 5) is 21.5. The minimum Gasteiger partial charge on any atom is -0.344 e. The lowest BCUT2D eigenvalue weighted by Crippen LogP contribution is -2.34. The highest BCUT2D eigenvalue weighted by molar-refractivity contribution is 7.15. The lowest BCUT2D eigenvalue weighted by Gasteiger charge is -2.18. The first kappa shape index (κ1) is 15.3. The summed E-state index contributed by atoms with van der Waals surface area (Å²) in [6.45, 7) is 8.46. The molecule has 5 nitrogen and oxygen atoms in total. The molecule has 0 aliphatic carbocycles. The predicted molar refractivity (Wildman–Crippen MR) is 83.1 cm³/mol. The third-order valence-electron chi connectivity index (χ3n) is 3.34. The molecule has 1 amide bonds. The van der Waals surface area contributed by atoms with Crippen LogP contribution in [0.1, 0.15) is 25.1 Å². The van der Waals surface area contributed by atoms with Gasteiger partial charge in [-0.3, -0.25) is 4.79 Å². The molecule has 0 bridgehead atoms. The van der Waals surface area contributed by atoms with E-state index in [2.05, 4.69) is 29.0 Å². The summed E-state index contributed by atoms with van der Waals surface area (Å²) < 4.78 is 0. The number of anilines is 1. The first-order valence-electron chi connectivity index (χ1n) is 7.20. The van der Waals surface area contributed by atoms with Crippen LogP contribution in [0.5, 0.6) is 0 Å². The van der Waals surface area contributed by atoms with Gasteiger partial charge in [-0.15, -0.1) is 11.3 Å². The van der Waals surface area contributed by atoms with Crippen molar-refractivity contribution in [2.75, 3.05) is 38.1 Å². The van der Waals surface area contributed by atoms with E-state index in [4.69, 9.17) is 0 Å². The minimum atomic E-state index is 0.178. The number of thiazole rings is 1. The average molecular weight is 296 g/mol. The molecule has 0 saturated carbocycles. The number of hydrogen-bond donors (Lipinski definition) is 1. The van der Waals surface area contributed by atoms with Crippen LogP contribution < -0.4 is 10.2 Å². The van der Waals surface area contributed by atoms with E-state index < -0.39 is 0 Å². The maximum atomic E-state index is 11.9. The summed E-state index contributed by atoms with van der Waals surface area (Å²) in [5.74, 6) is 0.832. The van der Waals surface area contributed by atoms with E-state index in [1.807, 2.05) is 13.2 Å². The van der Waals surface area contributed by atoms with E-state index in [9.17, 15) is 4.79 Å². The van der Waals surface area contributed by atoms with Crippen LogP contribution in [0.25, 0.3) is 0 Å². The summed E-state index contributed by atoms with van der Waals surface area (Å²) in [5, 5.41) is 4.39. The SMILES string of the molecule is CC(C)CNCc1cnc(N2CCCN(C)C(=O)C2)s1. The predicted octanol–water partition coefficient (Wildman–Crippen LogP) is 1.56. The Hall–Kier alpha value is -1.14. The van der Waals surface area contributed by atoms with Gasteiger partial charge in [-0.2, -0.15) is 0 Å². The molecule has 20 heavy (non-hydrogen) atoms. The van der Waals surface area contributed by atoms with Gasteiger partial charge in [0.1, 0.15) is 0 Å². The molecule has 2 rings (SSSR count). The highest BCUT2D eigenvalue weighted by Gasteiger charge is 2.21. The minimum absolute atomic E-state index is 0.178. The van der Waals surface area contributed by atoms with Gasteiger partial charge in [0.2, 0.25) is 5.91 Å². The molecular formula is C14H24N4OS. The Kier molecular flexibility index (Phi) is 5.37. The lowest BCUT2D eigenvalue weighted by atomic mass is 10.2. The largest absolute Gasteiger partial charge is 0.344 e. The van der Waals surface area contributed by atoms with Crippen LogP contribution in [-0.2, 0) is 11.3 Å². The molecule has 1 aliphatic rings. The third kappa shape index (κ3) is 4.18. The molecule has 1 aromatic rings. The second-order valence-corrected chi connectivity index (χ2v) is 6.82. The van der Waals surface area contributed by atoms with Crippen molar-refractivity contribution in [3.8, 4) is 0 Å². The van der Waals surface area contributed by atoms with Crippen molar-refractivity contribution in [2.24, 2.45) is 5.92 Å². The molecule has 0 spiro atoms. The zero-order valence-corrected chi connectivity index (χ0v) is 13.4. The van der Waals surface area contributed by atoms with Crippen molar-refractivity contribution in [1.82, 2.24) is 15.2 Å². The second-order valence-electron chi connectivity index (χ2n) is 5.72. The molecule has 1 fully saturated rings. The van der Waals surface area contributed by atoms with Crippen molar-refractivity contribution in [1.29, 1.82) is 0 Å². The van der Waals surface area contributed by atoms with Gasteiger partial charge in [-0.05, 0) is 18.9 Å². The van der Waals surface area contributed by atoms with E-state index in [0.29, 0.717) is 12.5 Å². The van der Waals surface area contributed by atoms with Gasteiger partial charge in [0, 0.05) is 37.8 Å². The number of likely N-dealkylation sites (N-methyl/N-ethyl adjacent to an activating group) is 1. The Morgan fingerprint density at radius 1 is 1.45 bits per heavy atom. The summed E-state index contributed by atoms with van der Waals surface area (Å²) in [7, 11) is 1.87. The van der Waals surface area contributed by atoms with E-state index in [1.165, 1.54) is 4.88 Å². The first-order chi connectivity index (χ1) is 9.56. The normalized spacial score (nSPS) is 16.9. The van der Waals surface area contributed by atoms with Crippen LogP contribution in [0.3, 0.4) is 0 Å². The Morgan fingerprint density at radius 2 is 2.25 bits per heavy atom. The van der Waals surface area contributed by atoms with Gasteiger partial charge >= 0.3 is 0 Å². The van der Waals surface area contributed by atoms with E-state index >= 15 is 0 Å². The second kappa shape index (κ2) is 7.04. The molecule has 1 saturated heterocycles. The molecule has 1 aliphatic heterocycles. The first-order valence-corrected chi connectivity index (χ1v) is 8.02. The van der Waals surface area contributed by atoms with Gasteiger partial charge in [0.05, 0.1) is 6.54 Å². The van der Waals surface area contributed by atoms with E-state index in [0.717, 1.165) is 37.7 Å². The third-order valence-corrected chi connectivity index (χ3v) is 4.40. The monoisotopic (exact) mass is 296 g/mol. The van der Waals surface area contributed by atoms with Gasteiger partial charge in [0.25, 0.3) is 0 Å². The van der Waals surface area contributed by atoms with Crippen LogP contribution in [0, 0.1) is 5.92 Å². The number of aromatic nitrogens is 1. The molecule has 0 aromatic carbocycles. The van der Waals surface area contributed by atoms with Crippen molar-refractivity contribution in [2.45, 2.75) is 26.8 Å². The maximum Gasteiger partial charge on any atom is 0.241 e. The van der Waals surface area contributed by atoms with Gasteiger partial charge in [-0.1, -0.05) is 13.8 Å². The van der Waals surface area contributed by atoms with Crippen molar-refractivity contribution in [3.63, 3.8) is 0 Å². The average Bonchev–Trinajstić information content (AvgIpc) is 2.78.